The van der Waals surface area contributed by atoms with Crippen molar-refractivity contribution in [3.63, 3.8) is 0 Å². The van der Waals surface area contributed by atoms with Crippen LogP contribution in [0, 0.1) is 11.3 Å². The quantitative estimate of drug-likeness (QED) is 0.780. The minimum atomic E-state index is 0.257. The lowest BCUT2D eigenvalue weighted by atomic mass is 10.1. The molecule has 17 heavy (non-hydrogen) atoms. The van der Waals surface area contributed by atoms with E-state index in [0.717, 1.165) is 6.42 Å². The molecule has 1 aromatic rings. The van der Waals surface area contributed by atoms with Crippen molar-refractivity contribution in [3.05, 3.63) is 18.1 Å². The molecule has 1 fully saturated rings. The molecule has 0 bridgehead atoms. The summed E-state index contributed by atoms with van der Waals surface area (Å²) in [5, 5.41) is 8.83. The van der Waals surface area contributed by atoms with Gasteiger partial charge in [0.1, 0.15) is 6.07 Å². The van der Waals surface area contributed by atoms with Crippen molar-refractivity contribution < 1.29 is 4.74 Å². The first-order valence-corrected chi connectivity index (χ1v) is 5.85. The van der Waals surface area contributed by atoms with Gasteiger partial charge in [-0.1, -0.05) is 0 Å². The van der Waals surface area contributed by atoms with Crippen LogP contribution in [0.3, 0.4) is 0 Å². The molecule has 5 heteroatoms. The largest absolute Gasteiger partial charge is 0.476 e. The van der Waals surface area contributed by atoms with Crippen LogP contribution in [0.1, 0.15) is 25.0 Å². The average Bonchev–Trinajstić information content (AvgIpc) is 2.76. The van der Waals surface area contributed by atoms with Crippen molar-refractivity contribution in [2.75, 3.05) is 20.2 Å². The summed E-state index contributed by atoms with van der Waals surface area (Å²) in [4.78, 5) is 10.3. The van der Waals surface area contributed by atoms with E-state index in [-0.39, 0.29) is 5.69 Å². The fourth-order valence-electron chi connectivity index (χ4n) is 2.14. The smallest absolute Gasteiger partial charge is 0.251 e. The highest BCUT2D eigenvalue weighted by atomic mass is 16.5. The Bertz CT molecular complexity index is 415. The first kappa shape index (κ1) is 11.8. The van der Waals surface area contributed by atoms with Crippen LogP contribution >= 0.6 is 0 Å². The van der Waals surface area contributed by atoms with Crippen molar-refractivity contribution in [1.82, 2.24) is 14.9 Å². The van der Waals surface area contributed by atoms with Gasteiger partial charge in [0.2, 0.25) is 5.69 Å². The zero-order valence-electron chi connectivity index (χ0n) is 9.96. The molecule has 0 spiro atoms. The molecular weight excluding hydrogens is 216 g/mol. The topological polar surface area (TPSA) is 62.0 Å². The van der Waals surface area contributed by atoms with E-state index in [9.17, 15) is 0 Å². The van der Waals surface area contributed by atoms with Crippen molar-refractivity contribution in [2.24, 2.45) is 0 Å². The van der Waals surface area contributed by atoms with Gasteiger partial charge in [0.05, 0.1) is 6.61 Å². The molecule has 0 amide bonds. The van der Waals surface area contributed by atoms with Crippen LogP contribution in [-0.2, 0) is 0 Å². The number of likely N-dealkylation sites (tertiary alicyclic amines) is 1. The third-order valence-electron chi connectivity index (χ3n) is 3.13. The fourth-order valence-corrected chi connectivity index (χ4v) is 2.14. The van der Waals surface area contributed by atoms with Crippen molar-refractivity contribution in [3.8, 4) is 11.9 Å². The van der Waals surface area contributed by atoms with E-state index >= 15 is 0 Å². The van der Waals surface area contributed by atoms with Crippen LogP contribution in [0.2, 0.25) is 0 Å². The van der Waals surface area contributed by atoms with Crippen LogP contribution in [0.25, 0.3) is 0 Å². The van der Waals surface area contributed by atoms with Crippen LogP contribution in [0.5, 0.6) is 5.88 Å². The molecule has 1 unspecified atom stereocenters. The second-order valence-electron chi connectivity index (χ2n) is 4.24. The molecular formula is C12H16N4O. The van der Waals surface area contributed by atoms with Gasteiger partial charge in [0.25, 0.3) is 5.88 Å². The number of aromatic nitrogens is 2. The van der Waals surface area contributed by atoms with Gasteiger partial charge in [-0.05, 0) is 32.9 Å². The van der Waals surface area contributed by atoms with Crippen LogP contribution in [0.15, 0.2) is 12.4 Å². The zero-order chi connectivity index (χ0) is 12.1. The predicted octanol–water partition coefficient (Wildman–Crippen LogP) is 1.21. The maximum absolute atomic E-state index is 8.83. The van der Waals surface area contributed by atoms with Gasteiger partial charge in [-0.15, -0.1) is 0 Å². The average molecular weight is 232 g/mol. The number of nitrogens with zero attached hydrogens (tertiary/aromatic N) is 4. The summed E-state index contributed by atoms with van der Waals surface area (Å²) in [6.07, 6.45) is 6.49. The van der Waals surface area contributed by atoms with Gasteiger partial charge in [-0.2, -0.15) is 5.26 Å². The van der Waals surface area contributed by atoms with E-state index in [0.29, 0.717) is 18.5 Å². The molecule has 5 nitrogen and oxygen atoms in total. The predicted molar refractivity (Wildman–Crippen MR) is 62.5 cm³/mol. The molecule has 0 saturated carbocycles. The minimum Gasteiger partial charge on any atom is -0.476 e. The Balaban J connectivity index is 1.84. The maximum Gasteiger partial charge on any atom is 0.251 e. The van der Waals surface area contributed by atoms with Gasteiger partial charge in [0, 0.05) is 18.4 Å². The SMILES string of the molecule is CN1CCCC1CCOc1nccnc1C#N. The summed E-state index contributed by atoms with van der Waals surface area (Å²) in [5.41, 5.74) is 0.257. The Labute approximate surface area is 101 Å². The molecule has 1 aromatic heterocycles. The van der Waals surface area contributed by atoms with Crippen LogP contribution in [-0.4, -0.2) is 41.1 Å². The third-order valence-corrected chi connectivity index (χ3v) is 3.13. The Morgan fingerprint density at radius 3 is 3.06 bits per heavy atom. The van der Waals surface area contributed by atoms with E-state index in [1.165, 1.54) is 31.8 Å². The van der Waals surface area contributed by atoms with Crippen LogP contribution < -0.4 is 4.74 Å². The Morgan fingerprint density at radius 2 is 2.35 bits per heavy atom. The molecule has 0 N–H and O–H groups in total. The second kappa shape index (κ2) is 5.60. The Hall–Kier alpha value is -1.67. The minimum absolute atomic E-state index is 0.257. The number of rotatable bonds is 4. The summed E-state index contributed by atoms with van der Waals surface area (Å²) in [5.74, 6) is 0.343. The number of hydrogen-bond acceptors (Lipinski definition) is 5. The van der Waals surface area contributed by atoms with Gasteiger partial charge in [-0.25, -0.2) is 9.97 Å². The van der Waals surface area contributed by atoms with Gasteiger partial charge in [0.15, 0.2) is 0 Å². The lowest BCUT2D eigenvalue weighted by Crippen LogP contribution is -2.26. The first-order valence-electron chi connectivity index (χ1n) is 5.85. The number of ether oxygens (including phenoxy) is 1. The molecule has 0 aromatic carbocycles. The van der Waals surface area contributed by atoms with E-state index < -0.39 is 0 Å². The van der Waals surface area contributed by atoms with E-state index in [4.69, 9.17) is 10.00 Å². The third kappa shape index (κ3) is 2.92. The molecule has 1 saturated heterocycles. The molecule has 2 heterocycles. The Kier molecular flexibility index (Phi) is 3.89. The van der Waals surface area contributed by atoms with Crippen molar-refractivity contribution in [1.29, 1.82) is 5.26 Å². The molecule has 1 atom stereocenters. The Morgan fingerprint density at radius 1 is 1.53 bits per heavy atom. The second-order valence-corrected chi connectivity index (χ2v) is 4.24. The first-order chi connectivity index (χ1) is 8.31. The van der Waals surface area contributed by atoms with Crippen LogP contribution in [0.4, 0.5) is 0 Å². The highest BCUT2D eigenvalue weighted by Gasteiger charge is 2.20. The van der Waals surface area contributed by atoms with Gasteiger partial charge < -0.3 is 9.64 Å². The van der Waals surface area contributed by atoms with E-state index in [2.05, 4.69) is 21.9 Å². The van der Waals surface area contributed by atoms with E-state index in [1.807, 2.05) is 6.07 Å². The fraction of sp³-hybridized carbons (Fsp3) is 0.583. The molecule has 0 radical (unpaired) electrons. The standard InChI is InChI=1S/C12H16N4O/c1-16-7-2-3-10(16)4-8-17-12-11(9-13)14-5-6-15-12/h5-6,10H,2-4,7-8H2,1H3. The summed E-state index contributed by atoms with van der Waals surface area (Å²) in [7, 11) is 2.14. The monoisotopic (exact) mass is 232 g/mol. The summed E-state index contributed by atoms with van der Waals surface area (Å²) in [6.45, 7) is 1.75. The number of nitriles is 1. The lowest BCUT2D eigenvalue weighted by molar-refractivity contribution is 0.227. The highest BCUT2D eigenvalue weighted by molar-refractivity contribution is 5.29. The van der Waals surface area contributed by atoms with Crippen molar-refractivity contribution in [2.45, 2.75) is 25.3 Å². The zero-order valence-corrected chi connectivity index (χ0v) is 9.96. The molecule has 1 aliphatic rings. The summed E-state index contributed by atoms with van der Waals surface area (Å²) >= 11 is 0. The lowest BCUT2D eigenvalue weighted by Gasteiger charge is -2.18. The van der Waals surface area contributed by atoms with Gasteiger partial charge in [-0.3, -0.25) is 0 Å². The van der Waals surface area contributed by atoms with Crippen molar-refractivity contribution >= 4 is 0 Å². The molecule has 0 aliphatic carbocycles. The van der Waals surface area contributed by atoms with E-state index in [1.54, 1.807) is 0 Å². The molecule has 2 rings (SSSR count). The number of hydrogen-bond donors (Lipinski definition) is 0. The van der Waals surface area contributed by atoms with Gasteiger partial charge >= 0.3 is 0 Å². The molecule has 90 valence electrons. The summed E-state index contributed by atoms with van der Waals surface area (Å²) < 4.78 is 5.52. The molecule has 1 aliphatic heterocycles. The highest BCUT2D eigenvalue weighted by Crippen LogP contribution is 2.18. The normalized spacial score (nSPS) is 20.1. The maximum atomic E-state index is 8.83. The summed E-state index contributed by atoms with van der Waals surface area (Å²) in [6, 6.07) is 2.57.